The minimum absolute atomic E-state index is 0.00846. The lowest BCUT2D eigenvalue weighted by atomic mass is 10.2. The maximum absolute atomic E-state index is 13.6. The van der Waals surface area contributed by atoms with Gasteiger partial charge in [0.25, 0.3) is 0 Å². The maximum Gasteiger partial charge on any atom is 0.338 e. The number of morpholine rings is 1. The highest BCUT2D eigenvalue weighted by atomic mass is 32.2. The first-order valence-corrected chi connectivity index (χ1v) is 10.4. The van der Waals surface area contributed by atoms with E-state index in [-0.39, 0.29) is 47.9 Å². The Morgan fingerprint density at radius 1 is 1.14 bits per heavy atom. The summed E-state index contributed by atoms with van der Waals surface area (Å²) in [4.78, 5) is 12.3. The molecule has 0 unspecified atom stereocenters. The SMILES string of the molecule is C[C@H]1CN(S(=O)(=O)c2cccc(C(=O)OCc3ccccc3F)c2)C[C@H](C)O1. The van der Waals surface area contributed by atoms with E-state index >= 15 is 0 Å². The Labute approximate surface area is 163 Å². The minimum Gasteiger partial charge on any atom is -0.457 e. The Bertz CT molecular complexity index is 953. The number of halogens is 1. The fourth-order valence-corrected chi connectivity index (χ4v) is 4.74. The standard InChI is InChI=1S/C20H22FNO5S/c1-14-11-22(12-15(2)27-14)28(24,25)18-8-5-7-16(10-18)20(23)26-13-17-6-3-4-9-19(17)21/h3-10,14-15H,11-13H2,1-2H3/t14-,15-/m0/s1. The minimum atomic E-state index is -3.77. The van der Waals surface area contributed by atoms with Gasteiger partial charge in [-0.3, -0.25) is 0 Å². The van der Waals surface area contributed by atoms with Crippen molar-refractivity contribution in [1.82, 2.24) is 4.31 Å². The van der Waals surface area contributed by atoms with Gasteiger partial charge in [0, 0.05) is 18.7 Å². The van der Waals surface area contributed by atoms with Gasteiger partial charge < -0.3 is 9.47 Å². The van der Waals surface area contributed by atoms with E-state index < -0.39 is 21.8 Å². The first-order chi connectivity index (χ1) is 13.3. The molecule has 0 aliphatic carbocycles. The number of carbonyl (C=O) groups excluding carboxylic acids is 1. The lowest BCUT2D eigenvalue weighted by Crippen LogP contribution is -2.48. The number of hydrogen-bond acceptors (Lipinski definition) is 5. The number of hydrogen-bond donors (Lipinski definition) is 0. The average Bonchev–Trinajstić information content (AvgIpc) is 2.66. The monoisotopic (exact) mass is 407 g/mol. The molecule has 0 bridgehead atoms. The lowest BCUT2D eigenvalue weighted by molar-refractivity contribution is -0.0440. The van der Waals surface area contributed by atoms with Crippen LogP contribution in [-0.2, 0) is 26.1 Å². The molecule has 8 heteroatoms. The number of ether oxygens (including phenoxy) is 2. The van der Waals surface area contributed by atoms with Crippen molar-refractivity contribution in [3.63, 3.8) is 0 Å². The van der Waals surface area contributed by atoms with Crippen LogP contribution in [0.1, 0.15) is 29.8 Å². The van der Waals surface area contributed by atoms with Crippen LogP contribution >= 0.6 is 0 Å². The summed E-state index contributed by atoms with van der Waals surface area (Å²) in [5, 5.41) is 0. The van der Waals surface area contributed by atoms with Crippen LogP contribution in [0.5, 0.6) is 0 Å². The maximum atomic E-state index is 13.6. The van der Waals surface area contributed by atoms with Gasteiger partial charge in [0.2, 0.25) is 10.0 Å². The van der Waals surface area contributed by atoms with Gasteiger partial charge in [0.1, 0.15) is 12.4 Å². The largest absolute Gasteiger partial charge is 0.457 e. The fraction of sp³-hybridized carbons (Fsp3) is 0.350. The molecule has 1 aliphatic heterocycles. The first kappa shape index (κ1) is 20.4. The number of nitrogens with zero attached hydrogens (tertiary/aromatic N) is 1. The molecule has 1 fully saturated rings. The molecule has 2 aromatic carbocycles. The molecule has 3 rings (SSSR count). The van der Waals surface area contributed by atoms with E-state index in [4.69, 9.17) is 9.47 Å². The van der Waals surface area contributed by atoms with Crippen molar-refractivity contribution in [2.24, 2.45) is 0 Å². The van der Waals surface area contributed by atoms with Gasteiger partial charge in [-0.2, -0.15) is 4.31 Å². The number of carbonyl (C=O) groups is 1. The summed E-state index contributed by atoms with van der Waals surface area (Å²) in [6, 6.07) is 11.7. The second-order valence-electron chi connectivity index (χ2n) is 6.77. The highest BCUT2D eigenvalue weighted by molar-refractivity contribution is 7.89. The molecule has 6 nitrogen and oxygen atoms in total. The van der Waals surface area contributed by atoms with Crippen LogP contribution in [0, 0.1) is 5.82 Å². The normalized spacial score (nSPS) is 20.7. The van der Waals surface area contributed by atoms with Crippen molar-refractivity contribution >= 4 is 16.0 Å². The van der Waals surface area contributed by atoms with Crippen LogP contribution < -0.4 is 0 Å². The number of sulfonamides is 1. The van der Waals surface area contributed by atoms with Crippen LogP contribution in [0.2, 0.25) is 0 Å². The summed E-state index contributed by atoms with van der Waals surface area (Å²) in [6.07, 6.45) is -0.431. The number of esters is 1. The van der Waals surface area contributed by atoms with Gasteiger partial charge in [-0.15, -0.1) is 0 Å². The molecule has 2 aromatic rings. The number of benzene rings is 2. The fourth-order valence-electron chi connectivity index (χ4n) is 3.10. The zero-order valence-corrected chi connectivity index (χ0v) is 16.5. The van der Waals surface area contributed by atoms with Crippen molar-refractivity contribution in [2.75, 3.05) is 13.1 Å². The third-order valence-electron chi connectivity index (χ3n) is 4.41. The quantitative estimate of drug-likeness (QED) is 0.713. The molecule has 0 radical (unpaired) electrons. The second kappa shape index (κ2) is 8.38. The summed E-state index contributed by atoms with van der Waals surface area (Å²) < 4.78 is 51.6. The summed E-state index contributed by atoms with van der Waals surface area (Å²) >= 11 is 0. The Morgan fingerprint density at radius 3 is 2.50 bits per heavy atom. The Kier molecular flexibility index (Phi) is 6.12. The molecular formula is C20H22FNO5S. The molecule has 0 aromatic heterocycles. The smallest absolute Gasteiger partial charge is 0.338 e. The van der Waals surface area contributed by atoms with E-state index in [2.05, 4.69) is 0 Å². The molecule has 1 heterocycles. The molecule has 28 heavy (non-hydrogen) atoms. The first-order valence-electron chi connectivity index (χ1n) is 8.93. The van der Waals surface area contributed by atoms with E-state index in [1.54, 1.807) is 12.1 Å². The summed E-state index contributed by atoms with van der Waals surface area (Å²) in [6.45, 7) is 3.88. The van der Waals surface area contributed by atoms with E-state index in [0.717, 1.165) is 0 Å². The van der Waals surface area contributed by atoms with Gasteiger partial charge in [-0.25, -0.2) is 17.6 Å². The second-order valence-corrected chi connectivity index (χ2v) is 8.71. The van der Waals surface area contributed by atoms with Gasteiger partial charge in [-0.05, 0) is 38.1 Å². The highest BCUT2D eigenvalue weighted by Crippen LogP contribution is 2.22. The topological polar surface area (TPSA) is 72.9 Å². The molecule has 0 saturated carbocycles. The van der Waals surface area contributed by atoms with Crippen LogP contribution in [0.4, 0.5) is 4.39 Å². The Balaban J connectivity index is 1.76. The van der Waals surface area contributed by atoms with Gasteiger partial charge in [-0.1, -0.05) is 24.3 Å². The summed E-state index contributed by atoms with van der Waals surface area (Å²) in [7, 11) is -3.77. The van der Waals surface area contributed by atoms with Crippen LogP contribution in [-0.4, -0.2) is 44.0 Å². The molecule has 0 N–H and O–H groups in total. The third kappa shape index (κ3) is 4.57. The predicted molar refractivity (Wildman–Crippen MR) is 101 cm³/mol. The van der Waals surface area contributed by atoms with E-state index in [9.17, 15) is 17.6 Å². The molecule has 1 saturated heterocycles. The molecule has 2 atom stereocenters. The Hall–Kier alpha value is -2.29. The van der Waals surface area contributed by atoms with Crippen molar-refractivity contribution in [2.45, 2.75) is 37.6 Å². The van der Waals surface area contributed by atoms with Crippen LogP contribution in [0.25, 0.3) is 0 Å². The molecule has 1 aliphatic rings. The molecule has 150 valence electrons. The Morgan fingerprint density at radius 2 is 1.82 bits per heavy atom. The van der Waals surface area contributed by atoms with Crippen molar-refractivity contribution in [3.05, 3.63) is 65.5 Å². The molecule has 0 amide bonds. The van der Waals surface area contributed by atoms with Crippen molar-refractivity contribution < 1.29 is 27.1 Å². The van der Waals surface area contributed by atoms with Crippen molar-refractivity contribution in [3.8, 4) is 0 Å². The zero-order chi connectivity index (χ0) is 20.3. The molecular weight excluding hydrogens is 385 g/mol. The summed E-state index contributed by atoms with van der Waals surface area (Å²) in [5.74, 6) is -1.19. The van der Waals surface area contributed by atoms with Crippen molar-refractivity contribution in [1.29, 1.82) is 0 Å². The lowest BCUT2D eigenvalue weighted by Gasteiger charge is -2.34. The third-order valence-corrected chi connectivity index (χ3v) is 6.24. The van der Waals surface area contributed by atoms with E-state index in [1.165, 1.54) is 40.7 Å². The van der Waals surface area contributed by atoms with E-state index in [1.807, 2.05) is 13.8 Å². The average molecular weight is 407 g/mol. The van der Waals surface area contributed by atoms with Gasteiger partial charge in [0.05, 0.1) is 22.7 Å². The predicted octanol–water partition coefficient (Wildman–Crippen LogP) is 2.98. The molecule has 0 spiro atoms. The van der Waals surface area contributed by atoms with Crippen LogP contribution in [0.15, 0.2) is 53.4 Å². The van der Waals surface area contributed by atoms with Crippen LogP contribution in [0.3, 0.4) is 0 Å². The van der Waals surface area contributed by atoms with Gasteiger partial charge in [0.15, 0.2) is 0 Å². The zero-order valence-electron chi connectivity index (χ0n) is 15.7. The summed E-state index contributed by atoms with van der Waals surface area (Å²) in [5.41, 5.74) is 0.336. The number of rotatable bonds is 5. The highest BCUT2D eigenvalue weighted by Gasteiger charge is 2.32. The van der Waals surface area contributed by atoms with E-state index in [0.29, 0.717) is 0 Å². The van der Waals surface area contributed by atoms with Gasteiger partial charge >= 0.3 is 5.97 Å².